The number of aromatic nitrogens is 3. The Labute approximate surface area is 119 Å². The van der Waals surface area contributed by atoms with Gasteiger partial charge in [0.1, 0.15) is 5.60 Å². The second-order valence-electron chi connectivity index (χ2n) is 5.11. The fourth-order valence-electron chi connectivity index (χ4n) is 1.29. The first-order valence-corrected chi connectivity index (χ1v) is 6.62. The van der Waals surface area contributed by atoms with Crippen molar-refractivity contribution in [3.63, 3.8) is 0 Å². The number of hydrogen-bond donors (Lipinski definition) is 4. The van der Waals surface area contributed by atoms with Gasteiger partial charge < -0.3 is 25.7 Å². The summed E-state index contributed by atoms with van der Waals surface area (Å²) in [5, 5.41) is 24.8. The van der Waals surface area contributed by atoms with Gasteiger partial charge in [0.05, 0.1) is 6.61 Å². The van der Waals surface area contributed by atoms with Crippen LogP contribution in [0.3, 0.4) is 0 Å². The monoisotopic (exact) mass is 284 g/mol. The number of aliphatic hydroxyl groups excluding tert-OH is 1. The highest BCUT2D eigenvalue weighted by atomic mass is 16.3. The average Bonchev–Trinajstić information content (AvgIpc) is 2.43. The number of nitrogens with one attached hydrogen (secondary N) is 2. The van der Waals surface area contributed by atoms with Gasteiger partial charge in [0.15, 0.2) is 0 Å². The Balaban J connectivity index is 2.85. The topological polar surface area (TPSA) is 106 Å². The van der Waals surface area contributed by atoms with Crippen molar-refractivity contribution < 1.29 is 10.2 Å². The number of anilines is 3. The molecule has 8 heteroatoms. The molecule has 1 heterocycles. The van der Waals surface area contributed by atoms with Crippen molar-refractivity contribution in [2.75, 3.05) is 49.3 Å². The molecule has 0 amide bonds. The summed E-state index contributed by atoms with van der Waals surface area (Å²) in [6.45, 7) is 4.16. The Morgan fingerprint density at radius 1 is 1.15 bits per heavy atom. The van der Waals surface area contributed by atoms with E-state index in [4.69, 9.17) is 5.11 Å². The second-order valence-corrected chi connectivity index (χ2v) is 5.11. The first-order chi connectivity index (χ1) is 9.38. The minimum Gasteiger partial charge on any atom is -0.393 e. The van der Waals surface area contributed by atoms with Crippen molar-refractivity contribution in [3.8, 4) is 0 Å². The third-order valence-corrected chi connectivity index (χ3v) is 2.52. The summed E-state index contributed by atoms with van der Waals surface area (Å²) in [4.78, 5) is 14.5. The van der Waals surface area contributed by atoms with Crippen LogP contribution in [-0.4, -0.2) is 64.6 Å². The molecule has 1 aromatic heterocycles. The fourth-order valence-corrected chi connectivity index (χ4v) is 1.29. The van der Waals surface area contributed by atoms with Crippen molar-refractivity contribution in [1.29, 1.82) is 0 Å². The highest BCUT2D eigenvalue weighted by molar-refractivity contribution is 5.43. The Kier molecular flexibility index (Phi) is 5.90. The van der Waals surface area contributed by atoms with Gasteiger partial charge in [-0.2, -0.15) is 15.0 Å². The van der Waals surface area contributed by atoms with Gasteiger partial charge in [0, 0.05) is 27.2 Å². The largest absolute Gasteiger partial charge is 0.393 e. The lowest BCUT2D eigenvalue weighted by Gasteiger charge is -2.21. The van der Waals surface area contributed by atoms with E-state index in [9.17, 15) is 5.11 Å². The van der Waals surface area contributed by atoms with Crippen LogP contribution in [-0.2, 0) is 0 Å². The highest BCUT2D eigenvalue weighted by Gasteiger charge is 2.19. The molecule has 1 rings (SSSR count). The van der Waals surface area contributed by atoms with Gasteiger partial charge in [0.2, 0.25) is 17.8 Å². The smallest absolute Gasteiger partial charge is 0.231 e. The molecule has 0 spiro atoms. The summed E-state index contributed by atoms with van der Waals surface area (Å²) < 4.78 is 0. The molecule has 0 aliphatic carbocycles. The van der Waals surface area contributed by atoms with Crippen LogP contribution in [0.5, 0.6) is 0 Å². The lowest BCUT2D eigenvalue weighted by Crippen LogP contribution is -2.37. The Bertz CT molecular complexity index is 424. The van der Waals surface area contributed by atoms with E-state index in [0.29, 0.717) is 17.8 Å². The van der Waals surface area contributed by atoms with Crippen molar-refractivity contribution in [1.82, 2.24) is 15.0 Å². The van der Waals surface area contributed by atoms with E-state index >= 15 is 0 Å². The van der Waals surface area contributed by atoms with Crippen LogP contribution in [0.25, 0.3) is 0 Å². The van der Waals surface area contributed by atoms with Gasteiger partial charge in [-0.15, -0.1) is 0 Å². The quantitative estimate of drug-likeness (QED) is 0.525. The minimum absolute atomic E-state index is 0.146. The molecule has 1 aromatic rings. The first kappa shape index (κ1) is 16.4. The lowest BCUT2D eigenvalue weighted by molar-refractivity contribution is 0.0131. The number of aliphatic hydroxyl groups is 2. The third-order valence-electron chi connectivity index (χ3n) is 2.52. The zero-order valence-corrected chi connectivity index (χ0v) is 12.5. The van der Waals surface area contributed by atoms with Crippen LogP contribution in [0, 0.1) is 0 Å². The summed E-state index contributed by atoms with van der Waals surface area (Å²) in [7, 11) is 3.68. The van der Waals surface area contributed by atoms with E-state index in [-0.39, 0.29) is 13.2 Å². The molecule has 0 saturated carbocycles. The molecule has 20 heavy (non-hydrogen) atoms. The minimum atomic E-state index is -1.22. The second kappa shape index (κ2) is 7.20. The van der Waals surface area contributed by atoms with Gasteiger partial charge in [-0.3, -0.25) is 0 Å². The summed E-state index contributed by atoms with van der Waals surface area (Å²) in [5.74, 6) is 1.36. The van der Waals surface area contributed by atoms with E-state index in [2.05, 4.69) is 32.5 Å². The van der Waals surface area contributed by atoms with Gasteiger partial charge in [-0.25, -0.2) is 0 Å². The van der Waals surface area contributed by atoms with Gasteiger partial charge in [0.25, 0.3) is 0 Å². The zero-order valence-electron chi connectivity index (χ0n) is 12.5. The molecule has 1 unspecified atom stereocenters. The molecule has 0 aliphatic rings. The van der Waals surface area contributed by atoms with Crippen LogP contribution in [0.1, 0.15) is 20.3 Å². The fraction of sp³-hybridized carbons (Fsp3) is 0.750. The van der Waals surface area contributed by atoms with Gasteiger partial charge in [-0.1, -0.05) is 6.92 Å². The maximum absolute atomic E-state index is 9.76. The predicted molar refractivity (Wildman–Crippen MR) is 79.1 cm³/mol. The third kappa shape index (κ3) is 5.14. The molecule has 0 bridgehead atoms. The molecule has 4 N–H and O–H groups in total. The van der Waals surface area contributed by atoms with Crippen LogP contribution in [0.2, 0.25) is 0 Å². The number of nitrogens with zero attached hydrogens (tertiary/aromatic N) is 4. The molecule has 0 aromatic carbocycles. The number of hydrogen-bond acceptors (Lipinski definition) is 8. The van der Waals surface area contributed by atoms with E-state index in [1.807, 2.05) is 14.1 Å². The van der Waals surface area contributed by atoms with Crippen LogP contribution < -0.4 is 15.5 Å². The summed E-state index contributed by atoms with van der Waals surface area (Å²) >= 11 is 0. The molecular formula is C12H24N6O2. The molecule has 114 valence electrons. The zero-order chi connectivity index (χ0) is 15.2. The lowest BCUT2D eigenvalue weighted by atomic mass is 10.1. The molecule has 0 saturated heterocycles. The Hall–Kier alpha value is -1.67. The molecule has 1 atom stereocenters. The van der Waals surface area contributed by atoms with E-state index in [1.54, 1.807) is 4.90 Å². The number of rotatable bonds is 8. The molecule has 0 aliphatic heterocycles. The average molecular weight is 284 g/mol. The Morgan fingerprint density at radius 3 is 2.25 bits per heavy atom. The van der Waals surface area contributed by atoms with Crippen LogP contribution in [0.15, 0.2) is 0 Å². The SMILES string of the molecule is CCCNc1nc(NCC(C)(O)CO)nc(N(C)C)n1. The summed E-state index contributed by atoms with van der Waals surface area (Å²) in [5.41, 5.74) is -1.22. The standard InChI is InChI=1S/C12H24N6O2/c1-5-6-13-9-15-10(14-7-12(2,20)8-19)17-11(16-9)18(3)4/h19-20H,5-8H2,1-4H3,(H2,13,14,15,16,17). The van der Waals surface area contributed by atoms with Crippen molar-refractivity contribution in [3.05, 3.63) is 0 Å². The van der Waals surface area contributed by atoms with Crippen molar-refractivity contribution in [2.24, 2.45) is 0 Å². The predicted octanol–water partition coefficient (Wildman–Crippen LogP) is -0.0853. The molecular weight excluding hydrogens is 260 g/mol. The van der Waals surface area contributed by atoms with Gasteiger partial charge >= 0.3 is 0 Å². The van der Waals surface area contributed by atoms with E-state index in [0.717, 1.165) is 13.0 Å². The Morgan fingerprint density at radius 2 is 1.75 bits per heavy atom. The highest BCUT2D eigenvalue weighted by Crippen LogP contribution is 2.12. The van der Waals surface area contributed by atoms with Crippen LogP contribution >= 0.6 is 0 Å². The maximum atomic E-state index is 9.76. The van der Waals surface area contributed by atoms with Crippen molar-refractivity contribution in [2.45, 2.75) is 25.9 Å². The normalized spacial score (nSPS) is 13.7. The van der Waals surface area contributed by atoms with Crippen molar-refractivity contribution >= 4 is 17.8 Å². The van der Waals surface area contributed by atoms with E-state index in [1.165, 1.54) is 6.92 Å². The summed E-state index contributed by atoms with van der Waals surface area (Å²) in [6.07, 6.45) is 0.963. The molecule has 8 nitrogen and oxygen atoms in total. The molecule has 0 fully saturated rings. The van der Waals surface area contributed by atoms with Crippen LogP contribution in [0.4, 0.5) is 17.8 Å². The maximum Gasteiger partial charge on any atom is 0.231 e. The van der Waals surface area contributed by atoms with Gasteiger partial charge in [-0.05, 0) is 13.3 Å². The molecule has 0 radical (unpaired) electrons. The van der Waals surface area contributed by atoms with E-state index < -0.39 is 5.60 Å². The summed E-state index contributed by atoms with van der Waals surface area (Å²) in [6, 6.07) is 0. The first-order valence-electron chi connectivity index (χ1n) is 6.62.